The number of nitrogens with one attached hydrogen (secondary N) is 2. The van der Waals surface area contributed by atoms with Crippen LogP contribution in [0.15, 0.2) is 72.8 Å². The Labute approximate surface area is 221 Å². The van der Waals surface area contributed by atoms with Crippen LogP contribution in [0, 0.1) is 0 Å². The van der Waals surface area contributed by atoms with E-state index >= 15 is 0 Å². The summed E-state index contributed by atoms with van der Waals surface area (Å²) in [5.74, 6) is -0.683. The number of hydrogen-bond donors (Lipinski definition) is 2. The number of ether oxygens (including phenoxy) is 1. The van der Waals surface area contributed by atoms with Gasteiger partial charge in [0.25, 0.3) is 5.91 Å². The van der Waals surface area contributed by atoms with Gasteiger partial charge in [0.2, 0.25) is 5.91 Å². The molecule has 2 aliphatic heterocycles. The maximum atomic E-state index is 13.2. The molecule has 5 rings (SSSR count). The van der Waals surface area contributed by atoms with Crippen LogP contribution < -0.4 is 15.5 Å². The predicted octanol–water partition coefficient (Wildman–Crippen LogP) is 4.46. The molecule has 8 heteroatoms. The first-order valence-electron chi connectivity index (χ1n) is 12.6. The third-order valence-electron chi connectivity index (χ3n) is 6.95. The molecule has 2 heterocycles. The van der Waals surface area contributed by atoms with Crippen molar-refractivity contribution in [3.05, 3.63) is 89.5 Å². The summed E-state index contributed by atoms with van der Waals surface area (Å²) in [6.07, 6.45) is 2.28. The summed E-state index contributed by atoms with van der Waals surface area (Å²) in [7, 11) is 3.12. The molecule has 0 atom stereocenters. The second-order valence-corrected chi connectivity index (χ2v) is 9.43. The number of likely N-dealkylation sites (tertiary alicyclic amines) is 1. The highest BCUT2D eigenvalue weighted by molar-refractivity contribution is 6.37. The van der Waals surface area contributed by atoms with Gasteiger partial charge in [-0.2, -0.15) is 0 Å². The van der Waals surface area contributed by atoms with Crippen LogP contribution in [0.1, 0.15) is 34.3 Å². The minimum absolute atomic E-state index is 0.0559. The van der Waals surface area contributed by atoms with Gasteiger partial charge in [-0.05, 0) is 74.0 Å². The molecule has 1 fully saturated rings. The smallest absolute Gasteiger partial charge is 0.337 e. The van der Waals surface area contributed by atoms with Gasteiger partial charge >= 0.3 is 5.97 Å². The van der Waals surface area contributed by atoms with Crippen molar-refractivity contribution in [2.45, 2.75) is 12.8 Å². The molecule has 3 aromatic rings. The van der Waals surface area contributed by atoms with Crippen LogP contribution in [0.3, 0.4) is 0 Å². The lowest BCUT2D eigenvalue weighted by Gasteiger charge is -2.22. The van der Waals surface area contributed by atoms with E-state index in [1.807, 2.05) is 54.6 Å². The fourth-order valence-corrected chi connectivity index (χ4v) is 4.84. The zero-order valence-electron chi connectivity index (χ0n) is 21.5. The molecule has 0 aromatic heterocycles. The SMILES string of the molecule is COC(=O)c1ccc2c(c1)C(=C(Nc1ccc(N(C)C(=O)CN3CCCC3)cc1)c1ccccc1)C(=O)N2. The molecule has 0 spiro atoms. The van der Waals surface area contributed by atoms with Crippen molar-refractivity contribution in [2.24, 2.45) is 0 Å². The van der Waals surface area contributed by atoms with E-state index in [9.17, 15) is 14.4 Å². The van der Waals surface area contributed by atoms with Gasteiger partial charge in [0.05, 0.1) is 30.5 Å². The molecule has 194 valence electrons. The number of esters is 1. The molecular weight excluding hydrogens is 480 g/mol. The number of fused-ring (bicyclic) bond motifs is 1. The minimum Gasteiger partial charge on any atom is -0.465 e. The van der Waals surface area contributed by atoms with E-state index in [0.717, 1.165) is 42.9 Å². The average Bonchev–Trinajstić information content (AvgIpc) is 3.58. The van der Waals surface area contributed by atoms with E-state index in [1.54, 1.807) is 30.1 Å². The molecular formula is C30H30N4O4. The molecule has 2 N–H and O–H groups in total. The molecule has 2 aliphatic rings. The van der Waals surface area contributed by atoms with Crippen LogP contribution in [0.5, 0.6) is 0 Å². The van der Waals surface area contributed by atoms with E-state index < -0.39 is 5.97 Å². The number of methoxy groups -OCH3 is 1. The third-order valence-corrected chi connectivity index (χ3v) is 6.95. The number of amides is 2. The molecule has 2 amide bonds. The molecule has 0 aliphatic carbocycles. The zero-order valence-corrected chi connectivity index (χ0v) is 21.5. The van der Waals surface area contributed by atoms with Gasteiger partial charge < -0.3 is 20.3 Å². The van der Waals surface area contributed by atoms with Crippen molar-refractivity contribution < 1.29 is 19.1 Å². The number of carbonyl (C=O) groups is 3. The quantitative estimate of drug-likeness (QED) is 0.360. The fraction of sp³-hybridized carbons (Fsp3) is 0.233. The van der Waals surface area contributed by atoms with Crippen LogP contribution in [-0.4, -0.2) is 56.5 Å². The van der Waals surface area contributed by atoms with Crippen LogP contribution in [-0.2, 0) is 14.3 Å². The van der Waals surface area contributed by atoms with Gasteiger partial charge in [-0.15, -0.1) is 0 Å². The lowest BCUT2D eigenvalue weighted by atomic mass is 9.98. The normalized spacial score (nSPS) is 16.0. The summed E-state index contributed by atoms with van der Waals surface area (Å²) >= 11 is 0. The second kappa shape index (κ2) is 10.9. The summed E-state index contributed by atoms with van der Waals surface area (Å²) in [5, 5.41) is 6.31. The molecule has 8 nitrogen and oxygen atoms in total. The fourth-order valence-electron chi connectivity index (χ4n) is 4.84. The highest BCUT2D eigenvalue weighted by Crippen LogP contribution is 2.38. The molecule has 0 unspecified atom stereocenters. The van der Waals surface area contributed by atoms with Gasteiger partial charge in [0, 0.05) is 29.7 Å². The van der Waals surface area contributed by atoms with Crippen molar-refractivity contribution >= 4 is 46.1 Å². The number of carbonyl (C=O) groups excluding carboxylic acids is 3. The maximum Gasteiger partial charge on any atom is 0.337 e. The number of likely N-dealkylation sites (N-methyl/N-ethyl adjacent to an activating group) is 1. The number of anilines is 3. The Morgan fingerprint density at radius 2 is 1.68 bits per heavy atom. The van der Waals surface area contributed by atoms with Crippen molar-refractivity contribution in [1.29, 1.82) is 0 Å². The van der Waals surface area contributed by atoms with E-state index in [2.05, 4.69) is 15.5 Å². The van der Waals surface area contributed by atoms with Crippen molar-refractivity contribution in [3.63, 3.8) is 0 Å². The predicted molar refractivity (Wildman–Crippen MR) is 149 cm³/mol. The van der Waals surface area contributed by atoms with E-state index in [0.29, 0.717) is 34.6 Å². The number of rotatable bonds is 7. The molecule has 38 heavy (non-hydrogen) atoms. The Balaban J connectivity index is 1.46. The summed E-state index contributed by atoms with van der Waals surface area (Å²) in [6, 6.07) is 22.1. The molecule has 0 bridgehead atoms. The highest BCUT2D eigenvalue weighted by Gasteiger charge is 2.29. The average molecular weight is 511 g/mol. The standard InChI is InChI=1S/C30H30N4O4/c1-33(26(35)19-34-16-6-7-17-34)23-13-11-22(12-14-23)31-28(20-8-4-3-5-9-20)27-24-18-21(30(37)38-2)10-15-25(24)32-29(27)36/h3-5,8-15,18,31H,6-7,16-17,19H2,1-2H3,(H,32,36). The van der Waals surface area contributed by atoms with Crippen molar-refractivity contribution in [2.75, 3.05) is 49.3 Å². The zero-order chi connectivity index (χ0) is 26.6. The molecule has 3 aromatic carbocycles. The third kappa shape index (κ3) is 5.17. The van der Waals surface area contributed by atoms with Crippen molar-refractivity contribution in [3.8, 4) is 0 Å². The maximum absolute atomic E-state index is 13.2. The van der Waals surface area contributed by atoms with Gasteiger partial charge in [0.1, 0.15) is 0 Å². The largest absolute Gasteiger partial charge is 0.465 e. The van der Waals surface area contributed by atoms with Crippen LogP contribution >= 0.6 is 0 Å². The summed E-state index contributed by atoms with van der Waals surface area (Å²) in [5.41, 5.74) is 5.00. The number of hydrogen-bond acceptors (Lipinski definition) is 6. The van der Waals surface area contributed by atoms with E-state index in [4.69, 9.17) is 4.74 Å². The van der Waals surface area contributed by atoms with E-state index in [1.165, 1.54) is 7.11 Å². The Morgan fingerprint density at radius 1 is 0.974 bits per heavy atom. The van der Waals surface area contributed by atoms with Crippen LogP contribution in [0.2, 0.25) is 0 Å². The van der Waals surface area contributed by atoms with Crippen LogP contribution in [0.4, 0.5) is 17.1 Å². The first kappa shape index (κ1) is 25.2. The Morgan fingerprint density at radius 3 is 2.37 bits per heavy atom. The Hall–Kier alpha value is -4.43. The van der Waals surface area contributed by atoms with Crippen LogP contribution in [0.25, 0.3) is 11.3 Å². The molecule has 0 radical (unpaired) electrons. The topological polar surface area (TPSA) is 91.0 Å². The molecule has 1 saturated heterocycles. The van der Waals surface area contributed by atoms with Crippen molar-refractivity contribution in [1.82, 2.24) is 4.90 Å². The summed E-state index contributed by atoms with van der Waals surface area (Å²) in [4.78, 5) is 42.0. The number of nitrogens with zero attached hydrogens (tertiary/aromatic N) is 2. The van der Waals surface area contributed by atoms with Gasteiger partial charge in [0.15, 0.2) is 0 Å². The highest BCUT2D eigenvalue weighted by atomic mass is 16.5. The first-order chi connectivity index (χ1) is 18.4. The second-order valence-electron chi connectivity index (χ2n) is 9.43. The summed E-state index contributed by atoms with van der Waals surface area (Å²) in [6.45, 7) is 2.36. The lowest BCUT2D eigenvalue weighted by molar-refractivity contribution is -0.119. The summed E-state index contributed by atoms with van der Waals surface area (Å²) < 4.78 is 4.88. The van der Waals surface area contributed by atoms with Gasteiger partial charge in [-0.3, -0.25) is 14.5 Å². The first-order valence-corrected chi connectivity index (χ1v) is 12.6. The Kier molecular flexibility index (Phi) is 7.24. The monoisotopic (exact) mass is 510 g/mol. The van der Waals surface area contributed by atoms with Gasteiger partial charge in [-0.1, -0.05) is 30.3 Å². The Bertz CT molecular complexity index is 1390. The lowest BCUT2D eigenvalue weighted by Crippen LogP contribution is -2.37. The minimum atomic E-state index is -0.472. The van der Waals surface area contributed by atoms with Gasteiger partial charge in [-0.25, -0.2) is 4.79 Å². The van der Waals surface area contributed by atoms with E-state index in [-0.39, 0.29) is 11.8 Å². The molecule has 0 saturated carbocycles. The number of benzene rings is 3.